The third-order valence-electron chi connectivity index (χ3n) is 6.21. The molecule has 12 nitrogen and oxygen atoms in total. The minimum atomic E-state index is -1.08. The van der Waals surface area contributed by atoms with Gasteiger partial charge in [0.05, 0.1) is 32.0 Å². The van der Waals surface area contributed by atoms with E-state index in [0.29, 0.717) is 44.2 Å². The number of aryl methyl sites for hydroxylation is 1. The average molecular weight is 609 g/mol. The van der Waals surface area contributed by atoms with Crippen LogP contribution in [0.5, 0.6) is 0 Å². The smallest absolute Gasteiger partial charge is 0.344 e. The Morgan fingerprint density at radius 1 is 1.14 bits per heavy atom. The zero-order chi connectivity index (χ0) is 25.8. The number of esters is 1. The number of carbonyl (C=O) groups is 4. The summed E-state index contributed by atoms with van der Waals surface area (Å²) in [7, 11) is 1.23. The minimum Gasteiger partial charge on any atom is -0.469 e. The largest absolute Gasteiger partial charge is 0.469 e. The highest BCUT2D eigenvalue weighted by Gasteiger charge is 2.37. The molecule has 2 N–H and O–H groups in total. The fourth-order valence-corrected chi connectivity index (χ4v) is 4.76. The lowest BCUT2D eigenvalue weighted by molar-refractivity contribution is -0.146. The van der Waals surface area contributed by atoms with Gasteiger partial charge < -0.3 is 20.3 Å². The Morgan fingerprint density at radius 3 is 2.44 bits per heavy atom. The van der Waals surface area contributed by atoms with Crippen LogP contribution in [0.3, 0.4) is 0 Å². The molecule has 0 saturated carbocycles. The number of hydrogen-bond acceptors (Lipinski definition) is 7. The van der Waals surface area contributed by atoms with Crippen molar-refractivity contribution in [1.82, 2.24) is 29.8 Å². The maximum atomic E-state index is 13.3. The molecule has 192 valence electrons. The van der Waals surface area contributed by atoms with Crippen LogP contribution in [0, 0.1) is 6.92 Å². The number of imidazole rings is 1. The molecule has 4 rings (SSSR count). The van der Waals surface area contributed by atoms with E-state index in [4.69, 9.17) is 4.74 Å². The van der Waals surface area contributed by atoms with Crippen molar-refractivity contribution >= 4 is 52.2 Å². The summed E-state index contributed by atoms with van der Waals surface area (Å²) in [6.45, 7) is 3.77. The van der Waals surface area contributed by atoms with E-state index in [1.807, 2.05) is 17.1 Å². The molecule has 0 aliphatic carbocycles. The number of methoxy groups -OCH3 is 1. The number of nitrogens with zero attached hydrogens (tertiary/aromatic N) is 5. The van der Waals surface area contributed by atoms with Gasteiger partial charge in [0.25, 0.3) is 0 Å². The number of hydrogen-bond donors (Lipinski definition) is 2. The first-order valence-corrected chi connectivity index (χ1v) is 13.0. The second-order valence-electron chi connectivity index (χ2n) is 8.51. The van der Waals surface area contributed by atoms with Gasteiger partial charge in [0.15, 0.2) is 0 Å². The highest BCUT2D eigenvalue weighted by Crippen LogP contribution is 2.21. The summed E-state index contributed by atoms with van der Waals surface area (Å²) in [5, 5.41) is 8.88. The second-order valence-corrected chi connectivity index (χ2v) is 9.28. The van der Waals surface area contributed by atoms with Crippen molar-refractivity contribution in [2.24, 2.45) is 0 Å². The number of amides is 4. The van der Waals surface area contributed by atoms with E-state index in [2.05, 4.69) is 38.2 Å². The number of halogens is 1. The van der Waals surface area contributed by atoms with E-state index >= 15 is 0 Å². The van der Waals surface area contributed by atoms with Crippen molar-refractivity contribution in [1.29, 1.82) is 0 Å². The molecule has 4 amide bonds. The molecule has 2 aromatic rings. The molecule has 2 aliphatic rings. The van der Waals surface area contributed by atoms with Gasteiger partial charge in [-0.15, -0.1) is 0 Å². The molecule has 1 fully saturated rings. The summed E-state index contributed by atoms with van der Waals surface area (Å²) >= 11 is 2.25. The number of anilines is 1. The third-order valence-corrected chi connectivity index (χ3v) is 7.09. The lowest BCUT2D eigenvalue weighted by atomic mass is 10.1. The van der Waals surface area contributed by atoms with Gasteiger partial charge in [-0.3, -0.25) is 14.6 Å². The number of piperazine rings is 1. The van der Waals surface area contributed by atoms with E-state index < -0.39 is 18.0 Å². The van der Waals surface area contributed by atoms with Crippen LogP contribution in [0.4, 0.5) is 15.3 Å². The van der Waals surface area contributed by atoms with E-state index in [1.165, 1.54) is 7.11 Å². The van der Waals surface area contributed by atoms with E-state index in [0.717, 1.165) is 15.7 Å². The van der Waals surface area contributed by atoms with Gasteiger partial charge in [-0.2, -0.15) is 0 Å². The predicted octanol–water partition coefficient (Wildman–Crippen LogP) is 1.72. The van der Waals surface area contributed by atoms with Crippen molar-refractivity contribution in [3.63, 3.8) is 0 Å². The monoisotopic (exact) mass is 609 g/mol. The standard InChI is InChI=1S/C23H28IN7O5/c1-15-25-13-18-14-30(23(35)31(15)18)29-9-7-28(8-10-29)21(33)19(11-20(32)36-2)27-22(34)26-17-5-3-16(12-24)4-6-17/h3-6,13,19H,7-12,14H2,1-2H3,(H2,26,27,34)/t19-/m0/s1. The van der Waals surface area contributed by atoms with Crippen molar-refractivity contribution in [2.45, 2.75) is 30.4 Å². The van der Waals surface area contributed by atoms with Crippen molar-refractivity contribution < 1.29 is 23.9 Å². The molecule has 1 aromatic carbocycles. The van der Waals surface area contributed by atoms with Crippen LogP contribution < -0.4 is 10.6 Å². The fraction of sp³-hybridized carbons (Fsp3) is 0.435. The Morgan fingerprint density at radius 2 is 1.83 bits per heavy atom. The molecule has 36 heavy (non-hydrogen) atoms. The number of urea groups is 1. The molecule has 1 atom stereocenters. The number of benzene rings is 1. The molecule has 13 heteroatoms. The fourth-order valence-electron chi connectivity index (χ4n) is 4.25. The summed E-state index contributed by atoms with van der Waals surface area (Å²) in [5.41, 5.74) is 2.52. The summed E-state index contributed by atoms with van der Waals surface area (Å²) in [4.78, 5) is 56.4. The first kappa shape index (κ1) is 25.9. The number of hydrazine groups is 1. The van der Waals surface area contributed by atoms with E-state index in [-0.39, 0.29) is 18.4 Å². The summed E-state index contributed by atoms with van der Waals surface area (Å²) in [6, 6.07) is 5.52. The van der Waals surface area contributed by atoms with Crippen molar-refractivity contribution in [3.8, 4) is 0 Å². The Hall–Kier alpha value is -3.20. The molecule has 1 saturated heterocycles. The van der Waals surface area contributed by atoms with Gasteiger partial charge in [0.1, 0.15) is 11.9 Å². The zero-order valence-corrected chi connectivity index (χ0v) is 22.2. The van der Waals surface area contributed by atoms with Gasteiger partial charge in [-0.1, -0.05) is 34.7 Å². The number of carbonyl (C=O) groups excluding carboxylic acids is 4. The number of rotatable bonds is 7. The predicted molar refractivity (Wildman–Crippen MR) is 138 cm³/mol. The molecule has 2 aliphatic heterocycles. The van der Waals surface area contributed by atoms with Gasteiger partial charge >= 0.3 is 18.0 Å². The van der Waals surface area contributed by atoms with Crippen molar-refractivity contribution in [2.75, 3.05) is 38.6 Å². The van der Waals surface area contributed by atoms with Crippen LogP contribution in [0.15, 0.2) is 30.5 Å². The van der Waals surface area contributed by atoms with Gasteiger partial charge in [0, 0.05) is 36.3 Å². The highest BCUT2D eigenvalue weighted by atomic mass is 127. The molecular weight excluding hydrogens is 581 g/mol. The Bertz CT molecular complexity index is 1140. The third kappa shape index (κ3) is 5.61. The first-order valence-electron chi connectivity index (χ1n) is 11.5. The summed E-state index contributed by atoms with van der Waals surface area (Å²) in [6.07, 6.45) is 1.40. The number of alkyl halides is 1. The SMILES string of the molecule is COC(=O)C[C@H](NC(=O)Nc1ccc(CI)cc1)C(=O)N1CCN(N2Cc3cnc(C)n3C2=O)CC1. The summed E-state index contributed by atoms with van der Waals surface area (Å²) in [5.74, 6) is -0.343. The Kier molecular flexibility index (Phi) is 8.08. The van der Waals surface area contributed by atoms with Crippen molar-refractivity contribution in [3.05, 3.63) is 47.5 Å². The number of ether oxygens (including phenoxy) is 1. The van der Waals surface area contributed by atoms with Crippen LogP contribution in [0.1, 0.15) is 23.5 Å². The lowest BCUT2D eigenvalue weighted by Gasteiger charge is -2.39. The molecule has 0 spiro atoms. The normalized spacial score (nSPS) is 16.5. The van der Waals surface area contributed by atoms with Crippen LogP contribution in [0.25, 0.3) is 0 Å². The lowest BCUT2D eigenvalue weighted by Crippen LogP contribution is -2.59. The maximum Gasteiger partial charge on any atom is 0.344 e. The molecular formula is C23H28IN7O5. The molecule has 0 unspecified atom stereocenters. The minimum absolute atomic E-state index is 0.159. The van der Waals surface area contributed by atoms with Crippen LogP contribution >= 0.6 is 22.6 Å². The Balaban J connectivity index is 1.35. The molecule has 3 heterocycles. The van der Waals surface area contributed by atoms with Crippen LogP contribution in [-0.2, 0) is 25.3 Å². The number of nitrogens with one attached hydrogen (secondary N) is 2. The van der Waals surface area contributed by atoms with Gasteiger partial charge in [-0.25, -0.2) is 24.1 Å². The van der Waals surface area contributed by atoms with Crippen LogP contribution in [-0.4, -0.2) is 87.7 Å². The first-order chi connectivity index (χ1) is 17.3. The second kappa shape index (κ2) is 11.2. The highest BCUT2D eigenvalue weighted by molar-refractivity contribution is 14.1. The number of aromatic nitrogens is 2. The van der Waals surface area contributed by atoms with Gasteiger partial charge in [0.2, 0.25) is 5.91 Å². The van der Waals surface area contributed by atoms with Crippen LogP contribution in [0.2, 0.25) is 0 Å². The van der Waals surface area contributed by atoms with E-state index in [9.17, 15) is 19.2 Å². The topological polar surface area (TPSA) is 129 Å². The van der Waals surface area contributed by atoms with E-state index in [1.54, 1.807) is 39.7 Å². The van der Waals surface area contributed by atoms with Gasteiger partial charge in [-0.05, 0) is 24.6 Å². The Labute approximate surface area is 222 Å². The maximum absolute atomic E-state index is 13.3. The summed E-state index contributed by atoms with van der Waals surface area (Å²) < 4.78 is 7.17. The average Bonchev–Trinajstić information content (AvgIpc) is 3.42. The molecule has 0 radical (unpaired) electrons. The molecule has 0 bridgehead atoms. The number of fused-ring (bicyclic) bond motifs is 1. The molecule has 1 aromatic heterocycles. The quantitative estimate of drug-likeness (QED) is 0.278. The zero-order valence-electron chi connectivity index (χ0n) is 20.1.